The Balaban J connectivity index is 1.64. The maximum Gasteiger partial charge on any atom is 0.188 e. The molecule has 0 unspecified atom stereocenters. The average Bonchev–Trinajstić information content (AvgIpc) is 3.54. The van der Waals surface area contributed by atoms with Crippen LogP contribution in [0.25, 0.3) is 22.4 Å². The van der Waals surface area contributed by atoms with E-state index in [2.05, 4.69) is 20.1 Å². The largest absolute Gasteiger partial charge is 0.497 e. The lowest BCUT2D eigenvalue weighted by molar-refractivity contribution is 0.374. The fraction of sp³-hybridized carbons (Fsp3) is 0.208. The van der Waals surface area contributed by atoms with Gasteiger partial charge in [-0.1, -0.05) is 6.08 Å². The van der Waals surface area contributed by atoms with E-state index in [9.17, 15) is 0 Å². The summed E-state index contributed by atoms with van der Waals surface area (Å²) in [5, 5.41) is 4.19. The van der Waals surface area contributed by atoms with Gasteiger partial charge in [0.2, 0.25) is 0 Å². The van der Waals surface area contributed by atoms with E-state index in [0.717, 1.165) is 17.7 Å². The maximum atomic E-state index is 15.5. The Labute approximate surface area is 195 Å². The van der Waals surface area contributed by atoms with Gasteiger partial charge in [0.1, 0.15) is 17.1 Å². The van der Waals surface area contributed by atoms with Crippen LogP contribution in [0.5, 0.6) is 11.5 Å². The lowest BCUT2D eigenvalue weighted by atomic mass is 10.2. The molecule has 0 amide bonds. The van der Waals surface area contributed by atoms with Gasteiger partial charge in [0.05, 0.1) is 50.2 Å². The second-order valence-corrected chi connectivity index (χ2v) is 7.66. The first-order chi connectivity index (χ1) is 16.6. The van der Waals surface area contributed by atoms with Crippen LogP contribution >= 0.6 is 0 Å². The van der Waals surface area contributed by atoms with E-state index in [1.807, 2.05) is 31.6 Å². The molecule has 0 saturated heterocycles. The third kappa shape index (κ3) is 4.05. The minimum Gasteiger partial charge on any atom is -0.497 e. The summed E-state index contributed by atoms with van der Waals surface area (Å²) >= 11 is 0. The third-order valence-electron chi connectivity index (χ3n) is 5.45. The highest BCUT2D eigenvalue weighted by Crippen LogP contribution is 2.37. The molecule has 0 fully saturated rings. The molecule has 34 heavy (non-hydrogen) atoms. The summed E-state index contributed by atoms with van der Waals surface area (Å²) in [6.45, 7) is 0.304. The Bertz CT molecular complexity index is 1430. The summed E-state index contributed by atoms with van der Waals surface area (Å²) in [6, 6.07) is 6.71. The summed E-state index contributed by atoms with van der Waals surface area (Å²) in [6.07, 6.45) is 9.80. The number of nitrogens with zero attached hydrogens (tertiary/aromatic N) is 7. The van der Waals surface area contributed by atoms with E-state index in [-0.39, 0.29) is 11.4 Å². The Morgan fingerprint density at radius 2 is 2.00 bits per heavy atom. The molecule has 0 aliphatic carbocycles. The van der Waals surface area contributed by atoms with Gasteiger partial charge in [0.15, 0.2) is 17.2 Å². The molecule has 0 spiro atoms. The Kier molecular flexibility index (Phi) is 5.62. The molecule has 4 heterocycles. The topological polar surface area (TPSA) is 90.6 Å². The van der Waals surface area contributed by atoms with Crippen LogP contribution in [0.3, 0.4) is 0 Å². The number of aliphatic imine (C=N–C) groups is 1. The van der Waals surface area contributed by atoms with E-state index in [4.69, 9.17) is 14.5 Å². The zero-order chi connectivity index (χ0) is 23.7. The summed E-state index contributed by atoms with van der Waals surface area (Å²) in [7, 11) is 4.78. The first-order valence-electron chi connectivity index (χ1n) is 10.6. The van der Waals surface area contributed by atoms with Crippen molar-refractivity contribution in [1.82, 2.24) is 24.7 Å². The molecule has 1 aliphatic heterocycles. The van der Waals surface area contributed by atoms with Crippen molar-refractivity contribution >= 4 is 28.9 Å². The van der Waals surface area contributed by atoms with Crippen LogP contribution in [0.1, 0.15) is 6.42 Å². The van der Waals surface area contributed by atoms with Gasteiger partial charge in [-0.3, -0.25) is 14.7 Å². The number of benzene rings is 1. The van der Waals surface area contributed by atoms with Crippen LogP contribution in [0.15, 0.2) is 59.6 Å². The van der Waals surface area contributed by atoms with Crippen molar-refractivity contribution in [3.8, 4) is 22.8 Å². The number of hydrogen-bond acceptors (Lipinski definition) is 8. The number of fused-ring (bicyclic) bond motifs is 1. The number of rotatable bonds is 7. The number of halogens is 1. The summed E-state index contributed by atoms with van der Waals surface area (Å²) in [5.41, 5.74) is 3.59. The summed E-state index contributed by atoms with van der Waals surface area (Å²) < 4.78 is 27.8. The number of aryl methyl sites for hydroxylation is 1. The van der Waals surface area contributed by atoms with Crippen molar-refractivity contribution in [3.05, 3.63) is 60.4 Å². The van der Waals surface area contributed by atoms with E-state index >= 15 is 4.39 Å². The van der Waals surface area contributed by atoms with Gasteiger partial charge in [-0.05, 0) is 12.1 Å². The first kappa shape index (κ1) is 21.5. The highest BCUT2D eigenvalue weighted by Gasteiger charge is 2.22. The fourth-order valence-electron chi connectivity index (χ4n) is 3.72. The molecule has 4 aromatic rings. The van der Waals surface area contributed by atoms with Gasteiger partial charge in [-0.2, -0.15) is 5.10 Å². The molecule has 0 bridgehead atoms. The summed E-state index contributed by atoms with van der Waals surface area (Å²) in [4.78, 5) is 20.0. The van der Waals surface area contributed by atoms with Crippen molar-refractivity contribution in [2.24, 2.45) is 12.0 Å². The fourth-order valence-corrected chi connectivity index (χ4v) is 3.72. The van der Waals surface area contributed by atoms with Gasteiger partial charge < -0.3 is 14.4 Å². The van der Waals surface area contributed by atoms with Crippen LogP contribution in [0, 0.1) is 5.82 Å². The van der Waals surface area contributed by atoms with Crippen LogP contribution < -0.4 is 14.4 Å². The van der Waals surface area contributed by atoms with Gasteiger partial charge >= 0.3 is 0 Å². The van der Waals surface area contributed by atoms with Crippen molar-refractivity contribution in [1.29, 1.82) is 0 Å². The molecule has 0 radical (unpaired) electrons. The second kappa shape index (κ2) is 8.89. The number of ether oxygens (including phenoxy) is 2. The van der Waals surface area contributed by atoms with Gasteiger partial charge in [-0.15, -0.1) is 0 Å². The number of hydrogen-bond donors (Lipinski definition) is 0. The zero-order valence-corrected chi connectivity index (χ0v) is 18.9. The molecule has 9 nitrogen and oxygen atoms in total. The molecule has 1 aliphatic rings. The second-order valence-electron chi connectivity index (χ2n) is 7.66. The quantitative estimate of drug-likeness (QED) is 0.411. The number of methoxy groups -OCH3 is 2. The molecule has 0 atom stereocenters. The predicted molar refractivity (Wildman–Crippen MR) is 127 cm³/mol. The number of allylic oxidation sites excluding steroid dienone is 1. The lowest BCUT2D eigenvalue weighted by Crippen LogP contribution is -2.22. The van der Waals surface area contributed by atoms with Crippen molar-refractivity contribution in [2.75, 3.05) is 25.7 Å². The SMILES string of the molecule is COc1cc(OC)c(F)c(N(CC2=CCC=N2)c2ccc3ncc(-c4cnn(C)c4)nc3n2)c1. The highest BCUT2D eigenvalue weighted by atomic mass is 19.1. The van der Waals surface area contributed by atoms with E-state index in [0.29, 0.717) is 35.0 Å². The molecular weight excluding hydrogens is 437 g/mol. The Hall–Kier alpha value is -4.34. The van der Waals surface area contributed by atoms with E-state index < -0.39 is 5.82 Å². The number of anilines is 2. The zero-order valence-electron chi connectivity index (χ0n) is 18.9. The van der Waals surface area contributed by atoms with E-state index in [1.165, 1.54) is 20.3 Å². The first-order valence-corrected chi connectivity index (χ1v) is 10.6. The van der Waals surface area contributed by atoms with Crippen LogP contribution in [-0.4, -0.2) is 51.7 Å². The molecular formula is C24H22FN7O2. The normalized spacial score (nSPS) is 12.8. The lowest BCUT2D eigenvalue weighted by Gasteiger charge is -2.25. The molecule has 1 aromatic carbocycles. The predicted octanol–water partition coefficient (Wildman–Crippen LogP) is 4.08. The molecule has 5 rings (SSSR count). The smallest absolute Gasteiger partial charge is 0.188 e. The van der Waals surface area contributed by atoms with Gasteiger partial charge in [-0.25, -0.2) is 14.4 Å². The Morgan fingerprint density at radius 3 is 2.71 bits per heavy atom. The van der Waals surface area contributed by atoms with Crippen molar-refractivity contribution in [3.63, 3.8) is 0 Å². The van der Waals surface area contributed by atoms with Gasteiger partial charge in [0, 0.05) is 43.6 Å². The molecule has 0 saturated carbocycles. The maximum absolute atomic E-state index is 15.5. The van der Waals surface area contributed by atoms with Crippen molar-refractivity contribution < 1.29 is 13.9 Å². The monoisotopic (exact) mass is 459 g/mol. The third-order valence-corrected chi connectivity index (χ3v) is 5.45. The Morgan fingerprint density at radius 1 is 1.12 bits per heavy atom. The minimum absolute atomic E-state index is 0.0719. The summed E-state index contributed by atoms with van der Waals surface area (Å²) in [5.74, 6) is 0.495. The molecule has 10 heteroatoms. The van der Waals surface area contributed by atoms with Crippen LogP contribution in [-0.2, 0) is 7.05 Å². The number of aromatic nitrogens is 5. The number of pyridine rings is 1. The van der Waals surface area contributed by atoms with Crippen LogP contribution in [0.4, 0.5) is 15.9 Å². The minimum atomic E-state index is -0.525. The highest BCUT2D eigenvalue weighted by molar-refractivity contribution is 5.77. The van der Waals surface area contributed by atoms with Gasteiger partial charge in [0.25, 0.3) is 0 Å². The standard InChI is InChI=1S/C24H22FN7O2/c1-31-13-15(11-28-31)19-12-27-18-6-7-22(30-24(18)29-19)32(14-16-5-4-8-26-16)20-9-17(33-2)10-21(34-3)23(20)25/h5-13H,4,14H2,1-3H3. The molecule has 3 aromatic heterocycles. The van der Waals surface area contributed by atoms with E-state index in [1.54, 1.807) is 34.1 Å². The van der Waals surface area contributed by atoms with Crippen LogP contribution in [0.2, 0.25) is 0 Å². The molecule has 0 N–H and O–H groups in total. The molecule has 172 valence electrons. The van der Waals surface area contributed by atoms with Crippen molar-refractivity contribution in [2.45, 2.75) is 6.42 Å². The average molecular weight is 459 g/mol.